The minimum atomic E-state index is 0.278. The molecule has 4 aromatic rings. The predicted octanol–water partition coefficient (Wildman–Crippen LogP) is 4.50. The zero-order valence-corrected chi connectivity index (χ0v) is 15.2. The number of benzene rings is 1. The van der Waals surface area contributed by atoms with Gasteiger partial charge in [0, 0.05) is 23.3 Å². The summed E-state index contributed by atoms with van der Waals surface area (Å²) < 4.78 is 2.68. The highest BCUT2D eigenvalue weighted by molar-refractivity contribution is 6.35. The third kappa shape index (κ3) is 2.91. The van der Waals surface area contributed by atoms with Gasteiger partial charge in [0.05, 0.1) is 33.8 Å². The number of hydrogen-bond donors (Lipinski definition) is 0. The van der Waals surface area contributed by atoms with E-state index in [4.69, 9.17) is 16.6 Å². The molecule has 0 fully saturated rings. The van der Waals surface area contributed by atoms with E-state index in [0.717, 1.165) is 38.3 Å². The molecule has 4 rings (SSSR count). The number of aromatic nitrogens is 4. The van der Waals surface area contributed by atoms with Gasteiger partial charge in [-0.25, -0.2) is 4.98 Å². The molecule has 0 spiro atoms. The predicted molar refractivity (Wildman–Crippen MR) is 102 cm³/mol. The van der Waals surface area contributed by atoms with Gasteiger partial charge in [-0.2, -0.15) is 4.73 Å². The summed E-state index contributed by atoms with van der Waals surface area (Å²) in [6, 6.07) is 11.4. The molecule has 0 aliphatic rings. The van der Waals surface area contributed by atoms with Crippen LogP contribution in [0.2, 0.25) is 5.02 Å². The van der Waals surface area contributed by atoms with Crippen LogP contribution in [0, 0.1) is 5.21 Å². The van der Waals surface area contributed by atoms with E-state index in [1.165, 1.54) is 12.4 Å². The highest BCUT2D eigenvalue weighted by Crippen LogP contribution is 2.30. The fourth-order valence-corrected chi connectivity index (χ4v) is 3.19. The Bertz CT molecular complexity index is 1100. The van der Waals surface area contributed by atoms with E-state index in [1.54, 1.807) is 12.4 Å². The Labute approximate surface area is 156 Å². The zero-order valence-electron chi connectivity index (χ0n) is 14.4. The largest absolute Gasteiger partial charge is 0.619 e. The third-order valence-electron chi connectivity index (χ3n) is 4.31. The molecule has 0 unspecified atom stereocenters. The number of hydrogen-bond acceptors (Lipinski definition) is 3. The Morgan fingerprint density at radius 1 is 1.19 bits per heavy atom. The van der Waals surface area contributed by atoms with Crippen molar-refractivity contribution in [2.45, 2.75) is 19.8 Å². The summed E-state index contributed by atoms with van der Waals surface area (Å²) in [5, 5.41) is 13.1. The second-order valence-electron chi connectivity index (χ2n) is 6.48. The monoisotopic (exact) mass is 364 g/mol. The molecule has 6 heteroatoms. The molecule has 0 radical (unpaired) electrons. The maximum Gasteiger partial charge on any atom is 0.189 e. The lowest BCUT2D eigenvalue weighted by molar-refractivity contribution is -0.604. The SMILES string of the molecule is CC(C)c1cc(Cl)c2cccc(-n3cnc(-c4ccc[n+]([O-])c4)c3)c2n1. The molecule has 3 heterocycles. The highest BCUT2D eigenvalue weighted by atomic mass is 35.5. The number of halogens is 1. The molecule has 1 aromatic carbocycles. The molecule has 0 bridgehead atoms. The number of imidazole rings is 1. The normalized spacial score (nSPS) is 11.4. The average molecular weight is 365 g/mol. The zero-order chi connectivity index (χ0) is 18.3. The van der Waals surface area contributed by atoms with Gasteiger partial charge in [0.25, 0.3) is 0 Å². The molecule has 130 valence electrons. The summed E-state index contributed by atoms with van der Waals surface area (Å²) in [5.74, 6) is 0.278. The van der Waals surface area contributed by atoms with Gasteiger partial charge in [-0.15, -0.1) is 0 Å². The van der Waals surface area contributed by atoms with Crippen LogP contribution in [-0.2, 0) is 0 Å². The minimum Gasteiger partial charge on any atom is -0.619 e. The first-order valence-electron chi connectivity index (χ1n) is 8.35. The van der Waals surface area contributed by atoms with E-state index in [1.807, 2.05) is 41.1 Å². The van der Waals surface area contributed by atoms with Crippen molar-refractivity contribution < 1.29 is 4.73 Å². The van der Waals surface area contributed by atoms with Crippen LogP contribution in [0.5, 0.6) is 0 Å². The van der Waals surface area contributed by atoms with Gasteiger partial charge < -0.3 is 9.77 Å². The second kappa shape index (κ2) is 6.42. The molecule has 0 amide bonds. The van der Waals surface area contributed by atoms with Crippen molar-refractivity contribution in [2.24, 2.45) is 0 Å². The molecular formula is C20H17ClN4O. The van der Waals surface area contributed by atoms with Gasteiger partial charge in [-0.05, 0) is 24.1 Å². The molecule has 0 N–H and O–H groups in total. The lowest BCUT2D eigenvalue weighted by Crippen LogP contribution is -2.23. The highest BCUT2D eigenvalue weighted by Gasteiger charge is 2.13. The van der Waals surface area contributed by atoms with Crippen molar-refractivity contribution in [3.8, 4) is 16.9 Å². The van der Waals surface area contributed by atoms with Crippen LogP contribution in [0.3, 0.4) is 0 Å². The topological polar surface area (TPSA) is 57.6 Å². The maximum absolute atomic E-state index is 11.5. The van der Waals surface area contributed by atoms with Gasteiger partial charge >= 0.3 is 0 Å². The third-order valence-corrected chi connectivity index (χ3v) is 4.62. The smallest absolute Gasteiger partial charge is 0.189 e. The van der Waals surface area contributed by atoms with Gasteiger partial charge in [0.15, 0.2) is 12.4 Å². The molecule has 3 aromatic heterocycles. The second-order valence-corrected chi connectivity index (χ2v) is 6.88. The van der Waals surface area contributed by atoms with E-state index >= 15 is 0 Å². The van der Waals surface area contributed by atoms with Crippen LogP contribution in [0.25, 0.3) is 27.8 Å². The Hall–Kier alpha value is -2.92. The van der Waals surface area contributed by atoms with Crippen molar-refractivity contribution in [1.29, 1.82) is 0 Å². The molecule has 26 heavy (non-hydrogen) atoms. The fraction of sp³-hybridized carbons (Fsp3) is 0.150. The van der Waals surface area contributed by atoms with Gasteiger partial charge in [0.1, 0.15) is 0 Å². The molecule has 5 nitrogen and oxygen atoms in total. The quantitative estimate of drug-likeness (QED) is 0.397. The number of pyridine rings is 2. The Balaban J connectivity index is 1.87. The average Bonchev–Trinajstić information content (AvgIpc) is 3.11. The molecule has 0 atom stereocenters. The Morgan fingerprint density at radius 3 is 2.81 bits per heavy atom. The number of fused-ring (bicyclic) bond motifs is 1. The summed E-state index contributed by atoms with van der Waals surface area (Å²) in [7, 11) is 0. The van der Waals surface area contributed by atoms with Crippen molar-refractivity contribution in [3.63, 3.8) is 0 Å². The van der Waals surface area contributed by atoms with E-state index < -0.39 is 0 Å². The maximum atomic E-state index is 11.5. The van der Waals surface area contributed by atoms with E-state index in [2.05, 4.69) is 18.8 Å². The molecule has 0 aliphatic carbocycles. The Kier molecular flexibility index (Phi) is 4.09. The van der Waals surface area contributed by atoms with Crippen molar-refractivity contribution in [3.05, 3.63) is 77.2 Å². The summed E-state index contributed by atoms with van der Waals surface area (Å²) in [6.07, 6.45) is 6.57. The van der Waals surface area contributed by atoms with Crippen LogP contribution in [0.15, 0.2) is 61.3 Å². The van der Waals surface area contributed by atoms with Crippen molar-refractivity contribution >= 4 is 22.5 Å². The molecule has 0 saturated carbocycles. The van der Waals surface area contributed by atoms with Crippen LogP contribution in [-0.4, -0.2) is 14.5 Å². The van der Waals surface area contributed by atoms with Crippen LogP contribution in [0.4, 0.5) is 0 Å². The summed E-state index contributed by atoms with van der Waals surface area (Å²) in [5.41, 5.74) is 4.16. The van der Waals surface area contributed by atoms with Gasteiger partial charge in [-0.3, -0.25) is 4.98 Å². The van der Waals surface area contributed by atoms with Crippen LogP contribution in [0.1, 0.15) is 25.5 Å². The lowest BCUT2D eigenvalue weighted by atomic mass is 10.1. The number of rotatable bonds is 3. The Morgan fingerprint density at radius 2 is 2.04 bits per heavy atom. The fourth-order valence-electron chi connectivity index (χ4n) is 2.92. The molecule has 0 aliphatic heterocycles. The first-order valence-corrected chi connectivity index (χ1v) is 8.73. The molecular weight excluding hydrogens is 348 g/mol. The minimum absolute atomic E-state index is 0.278. The summed E-state index contributed by atoms with van der Waals surface area (Å²) >= 11 is 6.48. The van der Waals surface area contributed by atoms with Crippen molar-refractivity contribution in [2.75, 3.05) is 0 Å². The standard InChI is InChI=1S/C20H17ClN4O/c1-13(2)17-9-16(21)15-6-3-7-19(20(15)23-17)24-11-18(22-12-24)14-5-4-8-25(26)10-14/h3-13H,1-2H3. The van der Waals surface area contributed by atoms with Crippen LogP contribution < -0.4 is 4.73 Å². The number of nitrogens with zero attached hydrogens (tertiary/aromatic N) is 4. The van der Waals surface area contributed by atoms with E-state index in [9.17, 15) is 5.21 Å². The van der Waals surface area contributed by atoms with E-state index in [-0.39, 0.29) is 5.92 Å². The van der Waals surface area contributed by atoms with Gasteiger partial charge in [0.2, 0.25) is 0 Å². The first kappa shape index (κ1) is 16.5. The summed E-state index contributed by atoms with van der Waals surface area (Å²) in [6.45, 7) is 4.19. The lowest BCUT2D eigenvalue weighted by Gasteiger charge is -2.11. The summed E-state index contributed by atoms with van der Waals surface area (Å²) in [4.78, 5) is 9.26. The number of para-hydroxylation sites is 1. The van der Waals surface area contributed by atoms with Crippen LogP contribution >= 0.6 is 11.6 Å². The van der Waals surface area contributed by atoms with Crippen molar-refractivity contribution in [1.82, 2.24) is 14.5 Å². The van der Waals surface area contributed by atoms with E-state index in [0.29, 0.717) is 5.02 Å². The van der Waals surface area contributed by atoms with Gasteiger partial charge in [-0.1, -0.05) is 37.6 Å². The first-order chi connectivity index (χ1) is 12.5. The molecule has 0 saturated heterocycles.